The number of hydrogen-bond acceptors (Lipinski definition) is 6. The lowest BCUT2D eigenvalue weighted by atomic mass is 10.2. The van der Waals surface area contributed by atoms with E-state index in [9.17, 15) is 9.59 Å². The fourth-order valence-electron chi connectivity index (χ4n) is 1.20. The molecule has 0 fully saturated rings. The number of hydrogen-bond donors (Lipinski definition) is 2. The number of nitrogens with zero attached hydrogens (tertiary/aromatic N) is 1. The van der Waals surface area contributed by atoms with Gasteiger partial charge in [0.15, 0.2) is 0 Å². The Morgan fingerprint density at radius 1 is 1.38 bits per heavy atom. The summed E-state index contributed by atoms with van der Waals surface area (Å²) in [4.78, 5) is 27.6. The van der Waals surface area contributed by atoms with Crippen LogP contribution in [0.25, 0.3) is 0 Å². The zero-order valence-electron chi connectivity index (χ0n) is 12.9. The number of rotatable bonds is 5. The Labute approximate surface area is 124 Å². The Bertz CT molecular complexity index is 448. The minimum Gasteiger partial charge on any atom is -0.462 e. The third kappa shape index (κ3) is 7.76. The van der Waals surface area contributed by atoms with Gasteiger partial charge in [0.25, 0.3) is 0 Å². The summed E-state index contributed by atoms with van der Waals surface area (Å²) < 4.78 is 9.96. The molecule has 3 N–H and O–H groups in total. The standard InChI is InChI=1S/C14H23N3O4/c1-6-8-16-11(10(9-15)12(18)20-7-2)17-13(19)21-14(3,4)5/h6,9H,1,7-8,15H2,2-5H3,(H,16,17,19)/b10-9+. The van der Waals surface area contributed by atoms with Crippen LogP contribution in [0.1, 0.15) is 27.7 Å². The van der Waals surface area contributed by atoms with Crippen LogP contribution >= 0.6 is 0 Å². The van der Waals surface area contributed by atoms with Crippen LogP contribution in [0.2, 0.25) is 0 Å². The van der Waals surface area contributed by atoms with E-state index in [0.29, 0.717) is 0 Å². The lowest BCUT2D eigenvalue weighted by Gasteiger charge is -2.20. The Hall–Kier alpha value is -2.31. The second-order valence-corrected chi connectivity index (χ2v) is 4.91. The van der Waals surface area contributed by atoms with Gasteiger partial charge in [-0.15, -0.1) is 6.58 Å². The minimum atomic E-state index is -0.742. The summed E-state index contributed by atoms with van der Waals surface area (Å²) in [5.74, 6) is -0.705. The van der Waals surface area contributed by atoms with Crippen molar-refractivity contribution < 1.29 is 19.1 Å². The number of aliphatic imine (C=N–C) groups is 1. The van der Waals surface area contributed by atoms with Crippen LogP contribution in [0, 0.1) is 0 Å². The summed E-state index contributed by atoms with van der Waals surface area (Å²) in [5, 5.41) is 2.39. The van der Waals surface area contributed by atoms with Gasteiger partial charge < -0.3 is 15.2 Å². The molecule has 0 spiro atoms. The number of alkyl carbamates (subject to hydrolysis) is 1. The maximum absolute atomic E-state index is 11.8. The van der Waals surface area contributed by atoms with Crippen LogP contribution < -0.4 is 11.1 Å². The molecule has 0 radical (unpaired) electrons. The molecule has 7 nitrogen and oxygen atoms in total. The summed E-state index contributed by atoms with van der Waals surface area (Å²) in [7, 11) is 0. The van der Waals surface area contributed by atoms with E-state index in [1.807, 2.05) is 0 Å². The highest BCUT2D eigenvalue weighted by molar-refractivity contribution is 6.21. The van der Waals surface area contributed by atoms with Crippen molar-refractivity contribution >= 4 is 17.9 Å². The fourth-order valence-corrected chi connectivity index (χ4v) is 1.20. The number of nitrogens with one attached hydrogen (secondary N) is 1. The van der Waals surface area contributed by atoms with E-state index in [4.69, 9.17) is 15.2 Å². The number of ether oxygens (including phenoxy) is 2. The second kappa shape index (κ2) is 8.78. The van der Waals surface area contributed by atoms with Gasteiger partial charge in [0.1, 0.15) is 17.0 Å². The van der Waals surface area contributed by atoms with Crippen molar-refractivity contribution in [2.75, 3.05) is 13.2 Å². The smallest absolute Gasteiger partial charge is 0.413 e. The van der Waals surface area contributed by atoms with Gasteiger partial charge in [-0.05, 0) is 27.7 Å². The molecule has 0 rings (SSSR count). The van der Waals surface area contributed by atoms with Gasteiger partial charge in [-0.2, -0.15) is 0 Å². The first-order chi connectivity index (χ1) is 9.75. The molecule has 0 atom stereocenters. The third-order valence-electron chi connectivity index (χ3n) is 1.91. The van der Waals surface area contributed by atoms with Gasteiger partial charge in [0.05, 0.1) is 13.2 Å². The summed E-state index contributed by atoms with van der Waals surface area (Å²) in [5.41, 5.74) is 4.69. The lowest BCUT2D eigenvalue weighted by molar-refractivity contribution is -0.137. The van der Waals surface area contributed by atoms with E-state index in [0.717, 1.165) is 6.20 Å². The minimum absolute atomic E-state index is 0.0231. The number of carbonyl (C=O) groups excluding carboxylic acids is 2. The highest BCUT2D eigenvalue weighted by Gasteiger charge is 2.22. The predicted octanol–water partition coefficient (Wildman–Crippen LogP) is 1.50. The molecule has 0 unspecified atom stereocenters. The number of esters is 1. The number of amidine groups is 1. The lowest BCUT2D eigenvalue weighted by Crippen LogP contribution is -2.39. The van der Waals surface area contributed by atoms with Crippen LogP contribution in [0.5, 0.6) is 0 Å². The topological polar surface area (TPSA) is 103 Å². The predicted molar refractivity (Wildman–Crippen MR) is 80.8 cm³/mol. The van der Waals surface area contributed by atoms with Crippen molar-refractivity contribution in [2.24, 2.45) is 10.7 Å². The van der Waals surface area contributed by atoms with Crippen molar-refractivity contribution in [1.82, 2.24) is 5.32 Å². The first-order valence-corrected chi connectivity index (χ1v) is 6.49. The highest BCUT2D eigenvalue weighted by atomic mass is 16.6. The molecule has 0 aliphatic heterocycles. The zero-order valence-corrected chi connectivity index (χ0v) is 12.9. The molecule has 21 heavy (non-hydrogen) atoms. The first kappa shape index (κ1) is 18.7. The molecule has 0 aromatic carbocycles. The van der Waals surface area contributed by atoms with E-state index in [2.05, 4.69) is 16.9 Å². The number of amides is 1. The van der Waals surface area contributed by atoms with Crippen LogP contribution in [0.4, 0.5) is 4.79 Å². The Balaban J connectivity index is 5.16. The largest absolute Gasteiger partial charge is 0.462 e. The van der Waals surface area contributed by atoms with E-state index >= 15 is 0 Å². The van der Waals surface area contributed by atoms with Gasteiger partial charge in [-0.3, -0.25) is 10.3 Å². The summed E-state index contributed by atoms with van der Waals surface area (Å²) in [6, 6.07) is 0. The maximum atomic E-state index is 11.8. The molecule has 118 valence electrons. The molecule has 7 heteroatoms. The van der Waals surface area contributed by atoms with Crippen molar-refractivity contribution in [3.8, 4) is 0 Å². The average Bonchev–Trinajstić information content (AvgIpc) is 2.34. The van der Waals surface area contributed by atoms with Crippen molar-refractivity contribution in [1.29, 1.82) is 0 Å². The van der Waals surface area contributed by atoms with E-state index in [1.165, 1.54) is 6.08 Å². The molecule has 0 heterocycles. The zero-order chi connectivity index (χ0) is 16.5. The van der Waals surface area contributed by atoms with E-state index < -0.39 is 17.7 Å². The van der Waals surface area contributed by atoms with Crippen molar-refractivity contribution in [3.63, 3.8) is 0 Å². The molecular weight excluding hydrogens is 274 g/mol. The molecule has 0 aliphatic rings. The van der Waals surface area contributed by atoms with Crippen molar-refractivity contribution in [3.05, 3.63) is 24.4 Å². The maximum Gasteiger partial charge on any atom is 0.413 e. The molecule has 0 saturated heterocycles. The van der Waals surface area contributed by atoms with Gasteiger partial charge in [-0.25, -0.2) is 9.59 Å². The average molecular weight is 297 g/mol. The fraction of sp³-hybridized carbons (Fsp3) is 0.500. The Morgan fingerprint density at radius 3 is 2.43 bits per heavy atom. The highest BCUT2D eigenvalue weighted by Crippen LogP contribution is 2.07. The Morgan fingerprint density at radius 2 is 2.00 bits per heavy atom. The van der Waals surface area contributed by atoms with Gasteiger partial charge in [0.2, 0.25) is 0 Å². The monoisotopic (exact) mass is 297 g/mol. The van der Waals surface area contributed by atoms with Crippen LogP contribution in [-0.2, 0) is 14.3 Å². The molecule has 0 aliphatic carbocycles. The molecule has 0 saturated carbocycles. The molecule has 0 aromatic rings. The Kier molecular flexibility index (Phi) is 7.81. The summed E-state index contributed by atoms with van der Waals surface area (Å²) in [6.07, 6.45) is 1.79. The molecule has 0 bridgehead atoms. The van der Waals surface area contributed by atoms with E-state index in [1.54, 1.807) is 27.7 Å². The van der Waals surface area contributed by atoms with Crippen molar-refractivity contribution in [2.45, 2.75) is 33.3 Å². The molecule has 1 amide bonds. The third-order valence-corrected chi connectivity index (χ3v) is 1.91. The molecule has 0 aromatic heterocycles. The van der Waals surface area contributed by atoms with Crippen LogP contribution in [0.3, 0.4) is 0 Å². The number of carbonyl (C=O) groups is 2. The quantitative estimate of drug-likeness (QED) is 0.263. The van der Waals surface area contributed by atoms with Gasteiger partial charge in [0, 0.05) is 6.20 Å². The summed E-state index contributed by atoms with van der Waals surface area (Å²) >= 11 is 0. The van der Waals surface area contributed by atoms with Gasteiger partial charge in [-0.1, -0.05) is 6.08 Å². The first-order valence-electron chi connectivity index (χ1n) is 6.49. The van der Waals surface area contributed by atoms with Crippen LogP contribution in [0.15, 0.2) is 29.4 Å². The van der Waals surface area contributed by atoms with Crippen LogP contribution in [-0.4, -0.2) is 36.7 Å². The SMILES string of the molecule is C=CCN=C(NC(=O)OC(C)(C)C)/C(=C\N)C(=O)OCC. The van der Waals surface area contributed by atoms with E-state index in [-0.39, 0.29) is 24.6 Å². The second-order valence-electron chi connectivity index (χ2n) is 4.91. The normalized spacial score (nSPS) is 12.6. The molecular formula is C14H23N3O4. The number of nitrogens with two attached hydrogens (primary N) is 1. The summed E-state index contributed by atoms with van der Waals surface area (Å²) in [6.45, 7) is 10.7. The van der Waals surface area contributed by atoms with Gasteiger partial charge >= 0.3 is 12.1 Å².